The topological polar surface area (TPSA) is 112 Å². The van der Waals surface area contributed by atoms with Gasteiger partial charge in [0.2, 0.25) is 11.8 Å². The summed E-state index contributed by atoms with van der Waals surface area (Å²) in [5.74, 6) is -1.63. The Hall–Kier alpha value is -3.25. The van der Waals surface area contributed by atoms with Crippen LogP contribution in [0.4, 0.5) is 14.9 Å². The minimum absolute atomic E-state index is 0.0714. The van der Waals surface area contributed by atoms with Crippen LogP contribution in [0.25, 0.3) is 0 Å². The van der Waals surface area contributed by atoms with Crippen molar-refractivity contribution in [2.75, 3.05) is 37.6 Å². The largest absolute Gasteiger partial charge is 0.444 e. The molecule has 4 amide bonds. The fourth-order valence-corrected chi connectivity index (χ4v) is 7.61. The van der Waals surface area contributed by atoms with Gasteiger partial charge >= 0.3 is 6.09 Å². The van der Waals surface area contributed by atoms with Crippen molar-refractivity contribution < 1.29 is 33.0 Å². The molecule has 12 heteroatoms. The quantitative estimate of drug-likeness (QED) is 0.493. The molecule has 1 aromatic rings. The predicted octanol–water partition coefficient (Wildman–Crippen LogP) is 3.61. The Morgan fingerprint density at radius 2 is 1.69 bits per heavy atom. The van der Waals surface area contributed by atoms with Crippen molar-refractivity contribution in [2.24, 2.45) is 0 Å². The van der Waals surface area contributed by atoms with Crippen molar-refractivity contribution in [3.05, 3.63) is 29.1 Å². The van der Waals surface area contributed by atoms with E-state index in [9.17, 15) is 19.2 Å². The minimum atomic E-state index is -0.789. The van der Waals surface area contributed by atoms with E-state index in [0.29, 0.717) is 36.9 Å². The second-order valence-electron chi connectivity index (χ2n) is 14.3. The van der Waals surface area contributed by atoms with Crippen LogP contribution in [0.3, 0.4) is 0 Å². The van der Waals surface area contributed by atoms with Crippen LogP contribution in [0.15, 0.2) is 12.1 Å². The van der Waals surface area contributed by atoms with Crippen LogP contribution >= 0.6 is 0 Å². The summed E-state index contributed by atoms with van der Waals surface area (Å²) in [5, 5.41) is 2.31. The summed E-state index contributed by atoms with van der Waals surface area (Å²) in [6.45, 7) is 13.1. The van der Waals surface area contributed by atoms with Crippen LogP contribution in [0.2, 0.25) is 0 Å². The highest BCUT2D eigenvalue weighted by molar-refractivity contribution is 6.06. The third-order valence-electron chi connectivity index (χ3n) is 10.0. The molecule has 1 unspecified atom stereocenters. The summed E-state index contributed by atoms with van der Waals surface area (Å²) < 4.78 is 28.1. The van der Waals surface area contributed by atoms with Gasteiger partial charge in [0.1, 0.15) is 11.6 Å². The third kappa shape index (κ3) is 6.27. The summed E-state index contributed by atoms with van der Waals surface area (Å²) in [4.78, 5) is 57.6. The van der Waals surface area contributed by atoms with Crippen molar-refractivity contribution in [3.63, 3.8) is 0 Å². The number of hydrogen-bond acceptors (Lipinski definition) is 8. The monoisotopic (exact) mass is 627 g/mol. The van der Waals surface area contributed by atoms with Gasteiger partial charge in [-0.05, 0) is 78.9 Å². The van der Waals surface area contributed by atoms with Crippen molar-refractivity contribution in [3.8, 4) is 0 Å². The van der Waals surface area contributed by atoms with Gasteiger partial charge in [0.15, 0.2) is 5.82 Å². The number of carbonyl (C=O) groups excluding carboxylic acids is 4. The molecular weight excluding hydrogens is 581 g/mol. The lowest BCUT2D eigenvalue weighted by Crippen LogP contribution is -2.59. The van der Waals surface area contributed by atoms with Crippen molar-refractivity contribution >= 4 is 29.5 Å². The number of benzene rings is 1. The maximum Gasteiger partial charge on any atom is 0.410 e. The Labute approximate surface area is 264 Å². The average molecular weight is 628 g/mol. The molecule has 11 nitrogen and oxygen atoms in total. The highest BCUT2D eigenvalue weighted by atomic mass is 19.1. The molecule has 1 aromatic carbocycles. The van der Waals surface area contributed by atoms with E-state index in [0.717, 1.165) is 38.8 Å². The van der Waals surface area contributed by atoms with Gasteiger partial charge in [-0.2, -0.15) is 0 Å². The SMILES string of the molecule is C[C@@H]1CN(C2CC(OC3CCN(C(=O)OC(C)(C)C)CC3)C2)CCN1c1ccc2c(c1F)[C@@H](C)N(C1CCC(=O)NC1=O)C2=O. The minimum Gasteiger partial charge on any atom is -0.444 e. The number of anilines is 1. The molecule has 1 N–H and O–H groups in total. The first-order chi connectivity index (χ1) is 21.3. The van der Waals surface area contributed by atoms with E-state index in [1.165, 1.54) is 4.90 Å². The first-order valence-electron chi connectivity index (χ1n) is 16.4. The number of carbonyl (C=O) groups is 4. The van der Waals surface area contributed by atoms with Crippen LogP contribution in [-0.2, 0) is 19.1 Å². The number of piperazine rings is 1. The van der Waals surface area contributed by atoms with Gasteiger partial charge in [-0.3, -0.25) is 24.6 Å². The molecule has 0 radical (unpaired) electrons. The Bertz CT molecular complexity index is 1350. The number of ether oxygens (including phenoxy) is 2. The van der Waals surface area contributed by atoms with Crippen LogP contribution in [-0.4, -0.2) is 107 Å². The van der Waals surface area contributed by atoms with E-state index in [2.05, 4.69) is 22.0 Å². The van der Waals surface area contributed by atoms with Crippen LogP contribution in [0.1, 0.15) is 95.1 Å². The van der Waals surface area contributed by atoms with Gasteiger partial charge in [0.05, 0.1) is 23.9 Å². The molecule has 1 aliphatic carbocycles. The molecule has 45 heavy (non-hydrogen) atoms. The fraction of sp³-hybridized carbons (Fsp3) is 0.697. The second-order valence-corrected chi connectivity index (χ2v) is 14.3. The van der Waals surface area contributed by atoms with E-state index in [4.69, 9.17) is 9.47 Å². The number of fused-ring (bicyclic) bond motifs is 1. The van der Waals surface area contributed by atoms with Gasteiger partial charge < -0.3 is 24.2 Å². The standard InChI is InChI=1S/C33H46FN5O6/c1-19-18-37(21-16-23(17-21)44-22-10-12-36(13-11-22)32(43)45-33(3,4)5)14-15-38(19)25-7-6-24-28(29(25)34)20(2)39(31(24)42)26-8-9-27(40)35-30(26)41/h6-7,19-23,26H,8-18H2,1-5H3,(H,35,40,41)/t19-,20-,21?,23?,26?/m1/s1. The van der Waals surface area contributed by atoms with Gasteiger partial charge in [-0.1, -0.05) is 0 Å². The lowest BCUT2D eigenvalue weighted by molar-refractivity contribution is -0.137. The summed E-state index contributed by atoms with van der Waals surface area (Å²) in [6, 6.07) is 2.49. The zero-order valence-corrected chi connectivity index (χ0v) is 27.0. The molecule has 0 spiro atoms. The summed E-state index contributed by atoms with van der Waals surface area (Å²) in [7, 11) is 0. The summed E-state index contributed by atoms with van der Waals surface area (Å²) in [6.07, 6.45) is 4.11. The maximum atomic E-state index is 16.2. The molecule has 0 aromatic heterocycles. The van der Waals surface area contributed by atoms with Gasteiger partial charge in [0.25, 0.3) is 5.91 Å². The first-order valence-corrected chi connectivity index (χ1v) is 16.4. The van der Waals surface area contributed by atoms with Gasteiger partial charge in [-0.15, -0.1) is 0 Å². The Morgan fingerprint density at radius 1 is 0.978 bits per heavy atom. The summed E-state index contributed by atoms with van der Waals surface area (Å²) in [5.41, 5.74) is 0.603. The van der Waals surface area contributed by atoms with Gasteiger partial charge in [-0.25, -0.2) is 9.18 Å². The third-order valence-corrected chi connectivity index (χ3v) is 10.0. The van der Waals surface area contributed by atoms with E-state index >= 15 is 4.39 Å². The number of hydrogen-bond donors (Lipinski definition) is 1. The van der Waals surface area contributed by atoms with Gasteiger partial charge in [0, 0.05) is 62.4 Å². The Kier molecular flexibility index (Phi) is 8.58. The lowest BCUT2D eigenvalue weighted by Gasteiger charge is -2.49. The van der Waals surface area contributed by atoms with E-state index in [1.54, 1.807) is 24.0 Å². The molecule has 246 valence electrons. The van der Waals surface area contributed by atoms with E-state index in [-0.39, 0.29) is 54.6 Å². The zero-order chi connectivity index (χ0) is 32.2. The van der Waals surface area contributed by atoms with Crippen LogP contribution in [0.5, 0.6) is 0 Å². The number of piperidine rings is 2. The molecule has 5 aliphatic rings. The molecular formula is C33H46FN5O6. The second kappa shape index (κ2) is 12.2. The molecule has 4 heterocycles. The number of imide groups is 1. The number of halogens is 1. The molecule has 4 fully saturated rings. The molecule has 6 rings (SSSR count). The molecule has 1 saturated carbocycles. The van der Waals surface area contributed by atoms with Crippen LogP contribution < -0.4 is 10.2 Å². The van der Waals surface area contributed by atoms with Crippen molar-refractivity contribution in [2.45, 2.75) is 115 Å². The number of amides is 4. The van der Waals surface area contributed by atoms with Crippen molar-refractivity contribution in [1.29, 1.82) is 0 Å². The van der Waals surface area contributed by atoms with E-state index < -0.39 is 29.4 Å². The molecule has 0 bridgehead atoms. The zero-order valence-electron chi connectivity index (χ0n) is 27.0. The van der Waals surface area contributed by atoms with Crippen LogP contribution in [0, 0.1) is 5.82 Å². The molecule has 3 saturated heterocycles. The number of nitrogens with one attached hydrogen (secondary N) is 1. The Balaban J connectivity index is 1.00. The molecule has 4 aliphatic heterocycles. The number of likely N-dealkylation sites (tertiary alicyclic amines) is 1. The highest BCUT2D eigenvalue weighted by Crippen LogP contribution is 2.42. The fourth-order valence-electron chi connectivity index (χ4n) is 7.61. The summed E-state index contributed by atoms with van der Waals surface area (Å²) >= 11 is 0. The smallest absolute Gasteiger partial charge is 0.410 e. The lowest BCUT2D eigenvalue weighted by atomic mass is 9.86. The first kappa shape index (κ1) is 31.7. The van der Waals surface area contributed by atoms with Crippen molar-refractivity contribution in [1.82, 2.24) is 20.0 Å². The number of rotatable bonds is 5. The molecule has 3 atom stereocenters. The number of nitrogens with zero attached hydrogens (tertiary/aromatic N) is 4. The Morgan fingerprint density at radius 3 is 2.33 bits per heavy atom. The normalized spacial score (nSPS) is 29.9. The average Bonchev–Trinajstić information content (AvgIpc) is 3.20. The predicted molar refractivity (Wildman–Crippen MR) is 164 cm³/mol. The maximum absolute atomic E-state index is 16.2. The van der Waals surface area contributed by atoms with E-state index in [1.807, 2.05) is 20.8 Å². The highest BCUT2D eigenvalue weighted by Gasteiger charge is 2.46.